The Balaban J connectivity index is 1.41. The Hall–Kier alpha value is -3.25. The van der Waals surface area contributed by atoms with Gasteiger partial charge in [0.2, 0.25) is 5.89 Å². The van der Waals surface area contributed by atoms with E-state index in [2.05, 4.69) is 4.98 Å². The molecule has 11 heteroatoms. The first-order valence-electron chi connectivity index (χ1n) is 11.9. The van der Waals surface area contributed by atoms with Gasteiger partial charge in [-0.15, -0.1) is 0 Å². The van der Waals surface area contributed by atoms with Crippen molar-refractivity contribution >= 4 is 16.2 Å². The minimum absolute atomic E-state index is 0.0113. The third kappa shape index (κ3) is 6.75. The molecule has 0 amide bonds. The Morgan fingerprint density at radius 2 is 1.73 bits per heavy atom. The lowest BCUT2D eigenvalue weighted by molar-refractivity contribution is -0.140. The fourth-order valence-electron chi connectivity index (χ4n) is 3.80. The smallest absolute Gasteiger partial charge is 0.321 e. The van der Waals surface area contributed by atoms with Gasteiger partial charge in [0.05, 0.1) is 20.3 Å². The van der Waals surface area contributed by atoms with Crippen molar-refractivity contribution in [2.75, 3.05) is 40.0 Å². The summed E-state index contributed by atoms with van der Waals surface area (Å²) >= 11 is 0. The summed E-state index contributed by atoms with van der Waals surface area (Å²) in [5.41, 5.74) is 3.45. The number of rotatable bonds is 10. The van der Waals surface area contributed by atoms with Crippen LogP contribution in [0.5, 0.6) is 5.75 Å². The van der Waals surface area contributed by atoms with Crippen molar-refractivity contribution in [1.29, 1.82) is 0 Å². The van der Waals surface area contributed by atoms with E-state index in [4.69, 9.17) is 18.6 Å². The summed E-state index contributed by atoms with van der Waals surface area (Å²) < 4.78 is 50.5. The Morgan fingerprint density at radius 1 is 1.05 bits per heavy atom. The highest BCUT2D eigenvalue weighted by Crippen LogP contribution is 2.24. The van der Waals surface area contributed by atoms with Crippen molar-refractivity contribution in [2.45, 2.75) is 27.0 Å². The molecule has 0 N–H and O–H groups in total. The van der Waals surface area contributed by atoms with E-state index in [-0.39, 0.29) is 32.8 Å². The van der Waals surface area contributed by atoms with Gasteiger partial charge in [0.15, 0.2) is 0 Å². The van der Waals surface area contributed by atoms with Crippen LogP contribution in [0, 0.1) is 13.8 Å². The number of hydrogen-bond donors (Lipinski definition) is 0. The van der Waals surface area contributed by atoms with Crippen LogP contribution in [0.15, 0.2) is 52.9 Å². The highest BCUT2D eigenvalue weighted by Gasteiger charge is 2.32. The Labute approximate surface area is 216 Å². The molecule has 1 aliphatic rings. The average molecular weight is 530 g/mol. The highest BCUT2D eigenvalue weighted by atomic mass is 32.2. The maximum atomic E-state index is 13.2. The topological polar surface area (TPSA) is 111 Å². The number of ether oxygens (including phenoxy) is 3. The van der Waals surface area contributed by atoms with E-state index >= 15 is 0 Å². The third-order valence-electron chi connectivity index (χ3n) is 6.00. The van der Waals surface area contributed by atoms with Crippen LogP contribution in [-0.4, -0.2) is 67.9 Å². The van der Waals surface area contributed by atoms with Crippen LogP contribution >= 0.6 is 0 Å². The summed E-state index contributed by atoms with van der Waals surface area (Å²) in [5, 5.41) is 0. The van der Waals surface area contributed by atoms with Gasteiger partial charge in [-0.2, -0.15) is 17.0 Å². The maximum Gasteiger partial charge on any atom is 0.321 e. The molecule has 1 saturated heterocycles. The minimum Gasteiger partial charge on any atom is -0.487 e. The van der Waals surface area contributed by atoms with E-state index in [1.165, 1.54) is 11.4 Å². The van der Waals surface area contributed by atoms with Crippen molar-refractivity contribution in [3.05, 3.63) is 71.1 Å². The minimum atomic E-state index is -3.88. The quantitative estimate of drug-likeness (QED) is 0.369. The van der Waals surface area contributed by atoms with E-state index in [1.807, 2.05) is 38.1 Å². The normalized spacial score (nSPS) is 14.6. The Kier molecular flexibility index (Phi) is 8.59. The number of aromatic nitrogens is 1. The lowest BCUT2D eigenvalue weighted by Gasteiger charge is -2.31. The van der Waals surface area contributed by atoms with Crippen molar-refractivity contribution in [3.8, 4) is 17.2 Å². The molecule has 4 rings (SSSR count). The van der Waals surface area contributed by atoms with E-state index in [1.54, 1.807) is 24.3 Å². The fourth-order valence-corrected chi connectivity index (χ4v) is 5.31. The van der Waals surface area contributed by atoms with Crippen LogP contribution in [-0.2, 0) is 37.6 Å². The van der Waals surface area contributed by atoms with Crippen LogP contribution in [0.2, 0.25) is 0 Å². The van der Waals surface area contributed by atoms with E-state index in [0.29, 0.717) is 41.9 Å². The lowest BCUT2D eigenvalue weighted by Crippen LogP contribution is -2.49. The summed E-state index contributed by atoms with van der Waals surface area (Å²) in [5.74, 6) is 1.18. The number of carbonyl (C=O) groups is 1. The molecule has 1 aliphatic heterocycles. The molecule has 198 valence electrons. The number of aryl methyl sites for hydroxylation is 2. The predicted molar refractivity (Wildman–Crippen MR) is 136 cm³/mol. The molecular weight excluding hydrogens is 498 g/mol. The van der Waals surface area contributed by atoms with Gasteiger partial charge in [-0.3, -0.25) is 4.79 Å². The first kappa shape index (κ1) is 26.8. The first-order valence-corrected chi connectivity index (χ1v) is 13.3. The first-order chi connectivity index (χ1) is 17.8. The van der Waals surface area contributed by atoms with Crippen molar-refractivity contribution in [2.24, 2.45) is 0 Å². The number of nitrogens with zero attached hydrogens (tertiary/aromatic N) is 3. The highest BCUT2D eigenvalue weighted by molar-refractivity contribution is 7.86. The molecule has 0 atom stereocenters. The zero-order valence-corrected chi connectivity index (χ0v) is 22.0. The van der Waals surface area contributed by atoms with Gasteiger partial charge in [-0.05, 0) is 43.7 Å². The van der Waals surface area contributed by atoms with Gasteiger partial charge in [0.25, 0.3) is 10.2 Å². The number of oxazole rings is 1. The van der Waals surface area contributed by atoms with E-state index < -0.39 is 16.2 Å². The number of hydrogen-bond acceptors (Lipinski definition) is 8. The van der Waals surface area contributed by atoms with Gasteiger partial charge < -0.3 is 18.6 Å². The number of benzene rings is 2. The van der Waals surface area contributed by atoms with Gasteiger partial charge in [-0.25, -0.2) is 4.98 Å². The number of carbonyl (C=O) groups excluding carboxylic acids is 1. The molecule has 1 aromatic heterocycles. The van der Waals surface area contributed by atoms with Gasteiger partial charge >= 0.3 is 5.97 Å². The molecule has 0 aliphatic carbocycles. The summed E-state index contributed by atoms with van der Waals surface area (Å²) in [6, 6.07) is 15.0. The zero-order chi connectivity index (χ0) is 26.4. The summed E-state index contributed by atoms with van der Waals surface area (Å²) in [4.78, 5) is 16.5. The molecule has 0 spiro atoms. The number of morpholine rings is 1. The number of methoxy groups -OCH3 is 1. The standard InChI is InChI=1S/C26H31N3O7S/c1-19-4-8-22(9-5-19)26-27-24(20(2)36-26)18-35-23-10-6-21(7-11-23)16-29(17-25(30)33-3)37(31,32)28-12-14-34-15-13-28/h4-11H,12-18H2,1-3H3. The second-order valence-electron chi connectivity index (χ2n) is 8.68. The number of esters is 1. The van der Waals surface area contributed by atoms with E-state index in [0.717, 1.165) is 15.4 Å². The summed E-state index contributed by atoms with van der Waals surface area (Å²) in [6.45, 7) is 4.82. The van der Waals surface area contributed by atoms with Crippen molar-refractivity contribution in [1.82, 2.24) is 13.6 Å². The maximum absolute atomic E-state index is 13.2. The summed E-state index contributed by atoms with van der Waals surface area (Å²) in [7, 11) is -2.65. The molecular formula is C26H31N3O7S. The van der Waals surface area contributed by atoms with Crippen LogP contribution < -0.4 is 4.74 Å². The molecule has 37 heavy (non-hydrogen) atoms. The molecule has 2 heterocycles. The SMILES string of the molecule is COC(=O)CN(Cc1ccc(OCc2nc(-c3ccc(C)cc3)oc2C)cc1)S(=O)(=O)N1CCOCC1. The third-order valence-corrected chi connectivity index (χ3v) is 7.93. The van der Waals surface area contributed by atoms with Crippen LogP contribution in [0.4, 0.5) is 0 Å². The Bertz CT molecular complexity index is 1300. The monoisotopic (exact) mass is 529 g/mol. The van der Waals surface area contributed by atoms with Gasteiger partial charge in [0.1, 0.15) is 30.4 Å². The van der Waals surface area contributed by atoms with Crippen LogP contribution in [0.1, 0.15) is 22.6 Å². The van der Waals surface area contributed by atoms with Crippen molar-refractivity contribution < 1.29 is 31.8 Å². The second-order valence-corrected chi connectivity index (χ2v) is 10.6. The lowest BCUT2D eigenvalue weighted by atomic mass is 10.1. The molecule has 1 fully saturated rings. The average Bonchev–Trinajstić information content (AvgIpc) is 3.28. The predicted octanol–water partition coefficient (Wildman–Crippen LogP) is 3.09. The largest absolute Gasteiger partial charge is 0.487 e. The molecule has 10 nitrogen and oxygen atoms in total. The van der Waals surface area contributed by atoms with Crippen molar-refractivity contribution in [3.63, 3.8) is 0 Å². The fraction of sp³-hybridized carbons (Fsp3) is 0.385. The summed E-state index contributed by atoms with van der Waals surface area (Å²) in [6.07, 6.45) is 0. The molecule has 0 unspecified atom stereocenters. The molecule has 3 aromatic rings. The van der Waals surface area contributed by atoms with Crippen LogP contribution in [0.25, 0.3) is 11.5 Å². The molecule has 0 bridgehead atoms. The molecule has 2 aromatic carbocycles. The zero-order valence-electron chi connectivity index (χ0n) is 21.2. The van der Waals surface area contributed by atoms with Gasteiger partial charge in [-0.1, -0.05) is 29.8 Å². The molecule has 0 saturated carbocycles. The Morgan fingerprint density at radius 3 is 2.38 bits per heavy atom. The second kappa shape index (κ2) is 11.9. The van der Waals surface area contributed by atoms with E-state index in [9.17, 15) is 13.2 Å². The molecule has 0 radical (unpaired) electrons. The van der Waals surface area contributed by atoms with Crippen LogP contribution in [0.3, 0.4) is 0 Å². The van der Waals surface area contributed by atoms with Gasteiger partial charge in [0, 0.05) is 25.2 Å².